The van der Waals surface area contributed by atoms with Crippen LogP contribution in [0.4, 0.5) is 0 Å². The molecule has 3 atom stereocenters. The van der Waals surface area contributed by atoms with Crippen molar-refractivity contribution in [2.75, 3.05) is 0 Å². The number of carbonyl (C=O) groups excluding carboxylic acids is 1. The van der Waals surface area contributed by atoms with Crippen molar-refractivity contribution < 1.29 is 9.53 Å². The third-order valence-electron chi connectivity index (χ3n) is 5.51. The van der Waals surface area contributed by atoms with Crippen LogP contribution in [0.25, 0.3) is 11.1 Å². The second kappa shape index (κ2) is 4.82. The van der Waals surface area contributed by atoms with Gasteiger partial charge in [0.1, 0.15) is 6.10 Å². The minimum atomic E-state index is -0.172. The van der Waals surface area contributed by atoms with Gasteiger partial charge in [0.15, 0.2) is 0 Å². The predicted molar refractivity (Wildman–Crippen MR) is 89.2 cm³/mol. The summed E-state index contributed by atoms with van der Waals surface area (Å²) >= 11 is 0. The summed E-state index contributed by atoms with van der Waals surface area (Å²) in [5.41, 5.74) is 5.80. The van der Waals surface area contributed by atoms with Crippen molar-refractivity contribution in [3.05, 3.63) is 71.3 Å². The van der Waals surface area contributed by atoms with E-state index in [0.717, 1.165) is 19.3 Å². The third kappa shape index (κ3) is 2.05. The number of esters is 1. The molecule has 5 rings (SSSR count). The number of fused-ring (bicyclic) bond motifs is 5. The fourth-order valence-corrected chi connectivity index (χ4v) is 4.34. The Morgan fingerprint density at radius 3 is 2.65 bits per heavy atom. The summed E-state index contributed by atoms with van der Waals surface area (Å²) in [6.45, 7) is 0. The zero-order valence-electron chi connectivity index (χ0n) is 12.9. The fraction of sp³-hybridized carbons (Fsp3) is 0.286. The molecule has 114 valence electrons. The number of carbonyl (C=O) groups is 1. The Kier molecular flexibility index (Phi) is 2.75. The highest BCUT2D eigenvalue weighted by atomic mass is 16.5. The summed E-state index contributed by atoms with van der Waals surface area (Å²) in [5, 5.41) is 0. The van der Waals surface area contributed by atoms with Gasteiger partial charge in [0.25, 0.3) is 0 Å². The van der Waals surface area contributed by atoms with Crippen molar-refractivity contribution in [3.63, 3.8) is 0 Å². The zero-order valence-corrected chi connectivity index (χ0v) is 12.9. The van der Waals surface area contributed by atoms with Crippen LogP contribution in [0.1, 0.15) is 34.3 Å². The molecule has 0 radical (unpaired) electrons. The molecule has 23 heavy (non-hydrogen) atoms. The van der Waals surface area contributed by atoms with E-state index >= 15 is 0 Å². The normalized spacial score (nSPS) is 26.2. The molecule has 2 aromatic rings. The molecule has 2 bridgehead atoms. The first-order valence-electron chi connectivity index (χ1n) is 8.38. The molecule has 0 spiro atoms. The van der Waals surface area contributed by atoms with Gasteiger partial charge in [0, 0.05) is 5.92 Å². The average Bonchev–Trinajstić information content (AvgIpc) is 3.27. The summed E-state index contributed by atoms with van der Waals surface area (Å²) < 4.78 is 5.78. The van der Waals surface area contributed by atoms with Gasteiger partial charge < -0.3 is 4.74 Å². The van der Waals surface area contributed by atoms with Crippen LogP contribution in [-0.2, 0) is 11.2 Å². The van der Waals surface area contributed by atoms with E-state index in [1.54, 1.807) is 0 Å². The van der Waals surface area contributed by atoms with E-state index in [1.165, 1.54) is 22.3 Å². The molecule has 0 aromatic heterocycles. The Hall–Kier alpha value is -2.35. The lowest BCUT2D eigenvalue weighted by Gasteiger charge is -2.19. The number of benzene rings is 2. The third-order valence-corrected chi connectivity index (χ3v) is 5.51. The largest absolute Gasteiger partial charge is 0.458 e. The van der Waals surface area contributed by atoms with Crippen molar-refractivity contribution in [1.29, 1.82) is 0 Å². The number of rotatable bonds is 2. The van der Waals surface area contributed by atoms with Crippen molar-refractivity contribution in [2.45, 2.75) is 25.4 Å². The second-order valence-corrected chi connectivity index (χ2v) is 6.93. The van der Waals surface area contributed by atoms with Crippen LogP contribution >= 0.6 is 0 Å². The SMILES string of the molecule is O=C(OC1CC2C=CC1C2)c1ccc2c(c1)Cc1ccccc1-2. The maximum Gasteiger partial charge on any atom is 0.338 e. The van der Waals surface area contributed by atoms with E-state index in [0.29, 0.717) is 17.4 Å². The minimum Gasteiger partial charge on any atom is -0.458 e. The molecule has 0 N–H and O–H groups in total. The molecule has 2 aromatic carbocycles. The van der Waals surface area contributed by atoms with E-state index in [4.69, 9.17) is 4.74 Å². The summed E-state index contributed by atoms with van der Waals surface area (Å²) in [6, 6.07) is 14.4. The molecule has 0 saturated heterocycles. The molecular formula is C21H18O2. The molecule has 0 aliphatic heterocycles. The topological polar surface area (TPSA) is 26.3 Å². The fourth-order valence-electron chi connectivity index (χ4n) is 4.34. The van der Waals surface area contributed by atoms with Crippen LogP contribution in [-0.4, -0.2) is 12.1 Å². The van der Waals surface area contributed by atoms with E-state index in [2.05, 4.69) is 42.5 Å². The van der Waals surface area contributed by atoms with Crippen LogP contribution < -0.4 is 0 Å². The van der Waals surface area contributed by atoms with Gasteiger partial charge in [-0.2, -0.15) is 0 Å². The van der Waals surface area contributed by atoms with Gasteiger partial charge >= 0.3 is 5.97 Å². The molecule has 2 nitrogen and oxygen atoms in total. The number of hydrogen-bond acceptors (Lipinski definition) is 2. The lowest BCUT2D eigenvalue weighted by atomic mass is 10.0. The Morgan fingerprint density at radius 1 is 0.957 bits per heavy atom. The molecule has 3 aliphatic carbocycles. The van der Waals surface area contributed by atoms with Crippen LogP contribution in [0.5, 0.6) is 0 Å². The first kappa shape index (κ1) is 13.1. The Balaban J connectivity index is 1.39. The molecule has 0 amide bonds. The summed E-state index contributed by atoms with van der Waals surface area (Å²) in [6.07, 6.45) is 7.60. The van der Waals surface area contributed by atoms with Gasteiger partial charge in [-0.05, 0) is 59.6 Å². The predicted octanol–water partition coefficient (Wildman–Crippen LogP) is 4.38. The quantitative estimate of drug-likeness (QED) is 0.519. The molecular weight excluding hydrogens is 284 g/mol. The lowest BCUT2D eigenvalue weighted by Crippen LogP contribution is -2.22. The van der Waals surface area contributed by atoms with Gasteiger partial charge in [-0.3, -0.25) is 0 Å². The smallest absolute Gasteiger partial charge is 0.338 e. The van der Waals surface area contributed by atoms with Crippen molar-refractivity contribution in [2.24, 2.45) is 11.8 Å². The van der Waals surface area contributed by atoms with E-state index in [-0.39, 0.29) is 12.1 Å². The van der Waals surface area contributed by atoms with Crippen molar-refractivity contribution >= 4 is 5.97 Å². The Morgan fingerprint density at radius 2 is 1.83 bits per heavy atom. The highest BCUT2D eigenvalue weighted by Crippen LogP contribution is 2.41. The van der Waals surface area contributed by atoms with Gasteiger partial charge in [0.05, 0.1) is 5.56 Å². The van der Waals surface area contributed by atoms with Crippen LogP contribution in [0, 0.1) is 11.8 Å². The molecule has 1 fully saturated rings. The zero-order chi connectivity index (χ0) is 15.4. The second-order valence-electron chi connectivity index (χ2n) is 6.93. The first-order valence-corrected chi connectivity index (χ1v) is 8.38. The summed E-state index contributed by atoms with van der Waals surface area (Å²) in [5.74, 6) is 0.879. The van der Waals surface area contributed by atoms with E-state index in [9.17, 15) is 4.79 Å². The van der Waals surface area contributed by atoms with Gasteiger partial charge in [-0.25, -0.2) is 4.79 Å². The van der Waals surface area contributed by atoms with Crippen LogP contribution in [0.15, 0.2) is 54.6 Å². The number of hydrogen-bond donors (Lipinski definition) is 0. The van der Waals surface area contributed by atoms with Gasteiger partial charge in [-0.1, -0.05) is 42.5 Å². The monoisotopic (exact) mass is 302 g/mol. The summed E-state index contributed by atoms with van der Waals surface area (Å²) in [7, 11) is 0. The van der Waals surface area contributed by atoms with Gasteiger partial charge in [0.2, 0.25) is 0 Å². The Labute approximate surface area is 135 Å². The first-order chi connectivity index (χ1) is 11.3. The van der Waals surface area contributed by atoms with Gasteiger partial charge in [-0.15, -0.1) is 0 Å². The van der Waals surface area contributed by atoms with Crippen LogP contribution in [0.2, 0.25) is 0 Å². The van der Waals surface area contributed by atoms with Crippen LogP contribution in [0.3, 0.4) is 0 Å². The molecule has 3 aliphatic rings. The van der Waals surface area contributed by atoms with E-state index in [1.807, 2.05) is 12.1 Å². The standard InChI is InChI=1S/C21H18O2/c22-21(23-20-10-13-5-6-15(20)9-13)16-7-8-19-17(12-16)11-14-3-1-2-4-18(14)19/h1-8,12-13,15,20H,9-11H2. The molecule has 0 heterocycles. The minimum absolute atomic E-state index is 0.0722. The molecule has 2 heteroatoms. The van der Waals surface area contributed by atoms with Crippen molar-refractivity contribution in [1.82, 2.24) is 0 Å². The molecule has 1 saturated carbocycles. The maximum absolute atomic E-state index is 12.5. The number of ether oxygens (including phenoxy) is 1. The number of allylic oxidation sites excluding steroid dienone is 1. The lowest BCUT2D eigenvalue weighted by molar-refractivity contribution is 0.0242. The van der Waals surface area contributed by atoms with Crippen molar-refractivity contribution in [3.8, 4) is 11.1 Å². The highest BCUT2D eigenvalue weighted by Gasteiger charge is 2.38. The average molecular weight is 302 g/mol. The van der Waals surface area contributed by atoms with E-state index < -0.39 is 0 Å². The maximum atomic E-state index is 12.5. The summed E-state index contributed by atoms with van der Waals surface area (Å²) in [4.78, 5) is 12.5. The molecule has 3 unspecified atom stereocenters. The highest BCUT2D eigenvalue weighted by molar-refractivity contribution is 5.91. The Bertz CT molecular complexity index is 833.